The quantitative estimate of drug-likeness (QED) is 0.928. The molecule has 1 heterocycles. The molecular formula is C16H16BrN3O. The highest BCUT2D eigenvalue weighted by molar-refractivity contribution is 9.10. The average Bonchev–Trinajstić information content (AvgIpc) is 2.89. The van der Waals surface area contributed by atoms with Gasteiger partial charge in [-0.05, 0) is 23.8 Å². The van der Waals surface area contributed by atoms with E-state index in [0.717, 1.165) is 15.9 Å². The number of ether oxygens (including phenoxy) is 1. The number of hydrogen-bond acceptors (Lipinski definition) is 4. The van der Waals surface area contributed by atoms with Gasteiger partial charge in [-0.25, -0.2) is 0 Å². The molecule has 0 saturated heterocycles. The average molecular weight is 346 g/mol. The summed E-state index contributed by atoms with van der Waals surface area (Å²) in [6, 6.07) is 16.1. The van der Waals surface area contributed by atoms with Gasteiger partial charge in [-0.15, -0.1) is 0 Å². The van der Waals surface area contributed by atoms with Crippen LogP contribution in [0.3, 0.4) is 0 Å². The van der Waals surface area contributed by atoms with Gasteiger partial charge in [0, 0.05) is 16.2 Å². The Labute approximate surface area is 132 Å². The number of methoxy groups -OCH3 is 1. The van der Waals surface area contributed by atoms with Crippen molar-refractivity contribution < 1.29 is 4.74 Å². The summed E-state index contributed by atoms with van der Waals surface area (Å²) in [7, 11) is 1.66. The van der Waals surface area contributed by atoms with Gasteiger partial charge in [-0.2, -0.15) is 0 Å². The second-order valence-corrected chi connectivity index (χ2v) is 5.66. The normalized spacial score (nSPS) is 17.7. The molecule has 0 aliphatic carbocycles. The third kappa shape index (κ3) is 2.61. The van der Waals surface area contributed by atoms with Gasteiger partial charge in [0.25, 0.3) is 0 Å². The second kappa shape index (κ2) is 5.77. The van der Waals surface area contributed by atoms with E-state index in [1.165, 1.54) is 5.56 Å². The van der Waals surface area contributed by atoms with Crippen LogP contribution < -0.4 is 15.4 Å². The zero-order chi connectivity index (χ0) is 14.8. The first-order valence-electron chi connectivity index (χ1n) is 6.68. The number of rotatable bonds is 3. The molecule has 1 unspecified atom stereocenters. The van der Waals surface area contributed by atoms with Crippen molar-refractivity contribution >= 4 is 27.6 Å². The van der Waals surface area contributed by atoms with Crippen LogP contribution in [0.5, 0.6) is 5.75 Å². The van der Waals surface area contributed by atoms with Gasteiger partial charge in [0.15, 0.2) is 5.96 Å². The molecule has 5 heteroatoms. The molecule has 0 bridgehead atoms. The third-order valence-electron chi connectivity index (χ3n) is 3.58. The summed E-state index contributed by atoms with van der Waals surface area (Å²) in [6.07, 6.45) is 0. The van der Waals surface area contributed by atoms with Crippen molar-refractivity contribution in [2.24, 2.45) is 10.7 Å². The first-order chi connectivity index (χ1) is 10.2. The molecule has 2 aromatic rings. The standard InChI is InChI=1S/C16H16BrN3O/c1-21-12-6-4-5-11(9-12)20-15(10-19-16(20)18)13-7-2-3-8-14(13)17/h2-9,15H,10H2,1H3,(H2,18,19). The Bertz CT molecular complexity index is 687. The molecule has 1 aliphatic heterocycles. The maximum Gasteiger partial charge on any atom is 0.196 e. The number of nitrogens with two attached hydrogens (primary N) is 1. The van der Waals surface area contributed by atoms with Crippen LogP contribution in [0.4, 0.5) is 5.69 Å². The lowest BCUT2D eigenvalue weighted by Crippen LogP contribution is -2.36. The highest BCUT2D eigenvalue weighted by atomic mass is 79.9. The number of guanidine groups is 1. The molecule has 2 N–H and O–H groups in total. The molecular weight excluding hydrogens is 330 g/mol. The fourth-order valence-corrected chi connectivity index (χ4v) is 3.10. The molecule has 0 aromatic heterocycles. The zero-order valence-electron chi connectivity index (χ0n) is 11.7. The second-order valence-electron chi connectivity index (χ2n) is 4.81. The molecule has 0 fully saturated rings. The lowest BCUT2D eigenvalue weighted by molar-refractivity contribution is 0.415. The summed E-state index contributed by atoms with van der Waals surface area (Å²) in [5, 5.41) is 0. The van der Waals surface area contributed by atoms with Gasteiger partial charge in [-0.3, -0.25) is 4.99 Å². The summed E-state index contributed by atoms with van der Waals surface area (Å²) < 4.78 is 6.36. The Hall–Kier alpha value is -2.01. The van der Waals surface area contributed by atoms with Crippen LogP contribution in [0, 0.1) is 0 Å². The van der Waals surface area contributed by atoms with Crippen LogP contribution >= 0.6 is 15.9 Å². The van der Waals surface area contributed by atoms with E-state index in [-0.39, 0.29) is 6.04 Å². The van der Waals surface area contributed by atoms with Crippen molar-refractivity contribution in [1.82, 2.24) is 0 Å². The van der Waals surface area contributed by atoms with Gasteiger partial charge >= 0.3 is 0 Å². The van der Waals surface area contributed by atoms with E-state index in [4.69, 9.17) is 10.5 Å². The van der Waals surface area contributed by atoms with Gasteiger partial charge in [-0.1, -0.05) is 40.2 Å². The molecule has 0 saturated carbocycles. The van der Waals surface area contributed by atoms with Crippen LogP contribution in [0.25, 0.3) is 0 Å². The van der Waals surface area contributed by atoms with Crippen LogP contribution in [0.2, 0.25) is 0 Å². The van der Waals surface area contributed by atoms with Crippen LogP contribution in [-0.2, 0) is 0 Å². The van der Waals surface area contributed by atoms with E-state index < -0.39 is 0 Å². The topological polar surface area (TPSA) is 50.9 Å². The number of hydrogen-bond donors (Lipinski definition) is 1. The van der Waals surface area contributed by atoms with Gasteiger partial charge < -0.3 is 15.4 Å². The van der Waals surface area contributed by atoms with Gasteiger partial charge in [0.05, 0.1) is 19.7 Å². The van der Waals surface area contributed by atoms with Crippen molar-refractivity contribution in [2.45, 2.75) is 6.04 Å². The van der Waals surface area contributed by atoms with Crippen molar-refractivity contribution in [1.29, 1.82) is 0 Å². The highest BCUT2D eigenvalue weighted by Crippen LogP contribution is 2.35. The van der Waals surface area contributed by atoms with Crippen LogP contribution in [0.1, 0.15) is 11.6 Å². The van der Waals surface area contributed by atoms with Crippen LogP contribution in [0.15, 0.2) is 58.0 Å². The molecule has 1 aliphatic rings. The molecule has 21 heavy (non-hydrogen) atoms. The first-order valence-corrected chi connectivity index (χ1v) is 7.47. The lowest BCUT2D eigenvalue weighted by atomic mass is 10.1. The number of halogens is 1. The van der Waals surface area contributed by atoms with E-state index in [2.05, 4.69) is 27.0 Å². The third-order valence-corrected chi connectivity index (χ3v) is 4.30. The number of nitrogens with zero attached hydrogens (tertiary/aromatic N) is 2. The minimum atomic E-state index is 0.0904. The maximum absolute atomic E-state index is 6.10. The Balaban J connectivity index is 2.01. The van der Waals surface area contributed by atoms with Gasteiger partial charge in [0.1, 0.15) is 5.75 Å². The van der Waals surface area contributed by atoms with E-state index in [9.17, 15) is 0 Å². The summed E-state index contributed by atoms with van der Waals surface area (Å²) in [5.41, 5.74) is 8.25. The molecule has 0 radical (unpaired) electrons. The fraction of sp³-hybridized carbons (Fsp3) is 0.188. The molecule has 2 aromatic carbocycles. The Kier molecular flexibility index (Phi) is 3.84. The molecule has 1 atom stereocenters. The SMILES string of the molecule is COc1cccc(N2C(N)=NCC2c2ccccc2Br)c1. The van der Waals surface area contributed by atoms with Crippen molar-refractivity contribution in [3.05, 3.63) is 58.6 Å². The number of benzene rings is 2. The van der Waals surface area contributed by atoms with E-state index >= 15 is 0 Å². The summed E-state index contributed by atoms with van der Waals surface area (Å²) >= 11 is 3.61. The molecule has 0 spiro atoms. The zero-order valence-corrected chi connectivity index (χ0v) is 13.2. The summed E-state index contributed by atoms with van der Waals surface area (Å²) in [5.74, 6) is 1.34. The van der Waals surface area contributed by atoms with Crippen molar-refractivity contribution in [2.75, 3.05) is 18.6 Å². The minimum Gasteiger partial charge on any atom is -0.497 e. The predicted molar refractivity (Wildman–Crippen MR) is 88.8 cm³/mol. The Morgan fingerprint density at radius 1 is 1.24 bits per heavy atom. The number of aliphatic imine (C=N–C) groups is 1. The molecule has 0 amide bonds. The summed E-state index contributed by atoms with van der Waals surface area (Å²) in [6.45, 7) is 0.645. The smallest absolute Gasteiger partial charge is 0.196 e. The molecule has 3 rings (SSSR count). The predicted octanol–water partition coefficient (Wildman–Crippen LogP) is 3.33. The minimum absolute atomic E-state index is 0.0904. The van der Waals surface area contributed by atoms with Gasteiger partial charge in [0.2, 0.25) is 0 Å². The first kappa shape index (κ1) is 13.9. The lowest BCUT2D eigenvalue weighted by Gasteiger charge is -2.27. The summed E-state index contributed by atoms with van der Waals surface area (Å²) in [4.78, 5) is 6.45. The Morgan fingerprint density at radius 3 is 2.81 bits per heavy atom. The van der Waals surface area contributed by atoms with E-state index in [1.807, 2.05) is 47.4 Å². The molecule has 4 nitrogen and oxygen atoms in total. The van der Waals surface area contributed by atoms with E-state index in [0.29, 0.717) is 12.5 Å². The van der Waals surface area contributed by atoms with Crippen molar-refractivity contribution in [3.8, 4) is 5.75 Å². The Morgan fingerprint density at radius 2 is 2.05 bits per heavy atom. The molecule has 108 valence electrons. The maximum atomic E-state index is 6.10. The van der Waals surface area contributed by atoms with E-state index in [1.54, 1.807) is 7.11 Å². The van der Waals surface area contributed by atoms with Crippen LogP contribution in [-0.4, -0.2) is 19.6 Å². The number of anilines is 1. The monoisotopic (exact) mass is 345 g/mol. The largest absolute Gasteiger partial charge is 0.497 e. The highest BCUT2D eigenvalue weighted by Gasteiger charge is 2.30. The van der Waals surface area contributed by atoms with Crippen molar-refractivity contribution in [3.63, 3.8) is 0 Å². The fourth-order valence-electron chi connectivity index (χ4n) is 2.55.